The molecule has 1 aliphatic rings. The van der Waals surface area contributed by atoms with E-state index < -0.39 is 0 Å². The standard InChI is InChI=1S/C13H18N4OS/c1-2-14-11-9-17-6-5-15-12(17)13(16-11)19-10-3-7-18-8-4-10/h5-6,9-10,14H,2-4,7-8H2,1H3. The van der Waals surface area contributed by atoms with E-state index in [1.54, 1.807) is 0 Å². The minimum absolute atomic E-state index is 0.582. The number of nitrogens with one attached hydrogen (secondary N) is 1. The zero-order valence-corrected chi connectivity index (χ0v) is 11.8. The topological polar surface area (TPSA) is 51.5 Å². The molecule has 0 aliphatic carbocycles. The highest BCUT2D eigenvalue weighted by atomic mass is 32.2. The van der Waals surface area contributed by atoms with Crippen molar-refractivity contribution in [3.05, 3.63) is 18.6 Å². The summed E-state index contributed by atoms with van der Waals surface area (Å²) in [7, 11) is 0. The normalized spacial score (nSPS) is 16.9. The summed E-state index contributed by atoms with van der Waals surface area (Å²) in [5, 5.41) is 4.86. The van der Waals surface area contributed by atoms with Crippen molar-refractivity contribution in [2.45, 2.75) is 30.0 Å². The van der Waals surface area contributed by atoms with Crippen LogP contribution in [0.2, 0.25) is 0 Å². The van der Waals surface area contributed by atoms with Crippen LogP contribution >= 0.6 is 11.8 Å². The molecule has 3 heterocycles. The maximum atomic E-state index is 5.41. The van der Waals surface area contributed by atoms with Crippen LogP contribution in [-0.2, 0) is 4.74 Å². The largest absolute Gasteiger partial charge is 0.381 e. The molecular formula is C13H18N4OS. The molecule has 102 valence electrons. The summed E-state index contributed by atoms with van der Waals surface area (Å²) >= 11 is 1.82. The van der Waals surface area contributed by atoms with Gasteiger partial charge in [-0.15, -0.1) is 0 Å². The summed E-state index contributed by atoms with van der Waals surface area (Å²) in [6, 6.07) is 0. The number of aromatic nitrogens is 3. The predicted molar refractivity (Wildman–Crippen MR) is 76.8 cm³/mol. The average molecular weight is 278 g/mol. The van der Waals surface area contributed by atoms with E-state index in [2.05, 4.69) is 22.2 Å². The Kier molecular flexibility index (Phi) is 3.89. The lowest BCUT2D eigenvalue weighted by Crippen LogP contribution is -2.17. The molecule has 3 rings (SSSR count). The summed E-state index contributed by atoms with van der Waals surface area (Å²) in [5.74, 6) is 0.905. The van der Waals surface area contributed by atoms with Crippen LogP contribution in [0.15, 0.2) is 23.6 Å². The van der Waals surface area contributed by atoms with Gasteiger partial charge in [-0.05, 0) is 19.8 Å². The molecule has 2 aromatic heterocycles. The molecule has 6 heteroatoms. The van der Waals surface area contributed by atoms with E-state index >= 15 is 0 Å². The second kappa shape index (κ2) is 5.79. The van der Waals surface area contributed by atoms with Gasteiger partial charge < -0.3 is 14.5 Å². The molecule has 0 unspecified atom stereocenters. The summed E-state index contributed by atoms with van der Waals surface area (Å²) in [5.41, 5.74) is 0.943. The molecule has 0 spiro atoms. The zero-order valence-electron chi connectivity index (χ0n) is 11.0. The summed E-state index contributed by atoms with van der Waals surface area (Å²) in [6.07, 6.45) is 7.95. The fourth-order valence-corrected chi connectivity index (χ4v) is 3.36. The van der Waals surface area contributed by atoms with Gasteiger partial charge in [0.1, 0.15) is 10.8 Å². The number of thioether (sulfide) groups is 1. The van der Waals surface area contributed by atoms with Crippen LogP contribution in [0.5, 0.6) is 0 Å². The van der Waals surface area contributed by atoms with Crippen molar-refractivity contribution in [2.24, 2.45) is 0 Å². The number of hydrogen-bond donors (Lipinski definition) is 1. The Hall–Kier alpha value is -1.27. The molecule has 0 bridgehead atoms. The van der Waals surface area contributed by atoms with E-state index in [1.807, 2.05) is 34.8 Å². The molecule has 5 nitrogen and oxygen atoms in total. The molecule has 0 radical (unpaired) electrons. The van der Waals surface area contributed by atoms with Crippen molar-refractivity contribution in [3.8, 4) is 0 Å². The van der Waals surface area contributed by atoms with Crippen molar-refractivity contribution < 1.29 is 4.74 Å². The van der Waals surface area contributed by atoms with E-state index in [0.29, 0.717) is 5.25 Å². The molecule has 2 aromatic rings. The highest BCUT2D eigenvalue weighted by Crippen LogP contribution is 2.31. The Balaban J connectivity index is 1.88. The van der Waals surface area contributed by atoms with E-state index in [-0.39, 0.29) is 0 Å². The van der Waals surface area contributed by atoms with Crippen LogP contribution in [0.4, 0.5) is 5.82 Å². The lowest BCUT2D eigenvalue weighted by Gasteiger charge is -2.21. The van der Waals surface area contributed by atoms with E-state index in [9.17, 15) is 0 Å². The summed E-state index contributed by atoms with van der Waals surface area (Å²) in [6.45, 7) is 4.66. The monoisotopic (exact) mass is 278 g/mol. The van der Waals surface area contributed by atoms with Crippen LogP contribution in [0.3, 0.4) is 0 Å². The minimum atomic E-state index is 0.582. The summed E-state index contributed by atoms with van der Waals surface area (Å²) < 4.78 is 7.44. The van der Waals surface area contributed by atoms with Crippen molar-refractivity contribution in [2.75, 3.05) is 25.1 Å². The van der Waals surface area contributed by atoms with Gasteiger partial charge in [-0.2, -0.15) is 0 Å². The molecular weight excluding hydrogens is 260 g/mol. The fourth-order valence-electron chi connectivity index (χ4n) is 2.20. The molecule has 1 aliphatic heterocycles. The number of nitrogens with zero attached hydrogens (tertiary/aromatic N) is 3. The van der Waals surface area contributed by atoms with E-state index in [4.69, 9.17) is 4.74 Å². The van der Waals surface area contributed by atoms with Crippen molar-refractivity contribution in [3.63, 3.8) is 0 Å². The number of anilines is 1. The van der Waals surface area contributed by atoms with Crippen molar-refractivity contribution in [1.82, 2.24) is 14.4 Å². The van der Waals surface area contributed by atoms with Gasteiger partial charge in [0.25, 0.3) is 0 Å². The molecule has 1 N–H and O–H groups in total. The van der Waals surface area contributed by atoms with Crippen LogP contribution in [0.25, 0.3) is 5.65 Å². The molecule has 0 amide bonds. The van der Waals surface area contributed by atoms with Gasteiger partial charge in [0.05, 0.1) is 6.20 Å². The number of hydrogen-bond acceptors (Lipinski definition) is 5. The Morgan fingerprint density at radius 3 is 3.11 bits per heavy atom. The lowest BCUT2D eigenvalue weighted by atomic mass is 10.2. The maximum Gasteiger partial charge on any atom is 0.169 e. The fraction of sp³-hybridized carbons (Fsp3) is 0.538. The van der Waals surface area contributed by atoms with Crippen LogP contribution in [-0.4, -0.2) is 39.4 Å². The lowest BCUT2D eigenvalue weighted by molar-refractivity contribution is 0.1000. The Morgan fingerprint density at radius 2 is 2.32 bits per heavy atom. The van der Waals surface area contributed by atoms with Gasteiger partial charge in [-0.25, -0.2) is 9.97 Å². The second-order valence-corrected chi connectivity index (χ2v) is 5.84. The number of rotatable bonds is 4. The van der Waals surface area contributed by atoms with Gasteiger partial charge in [-0.3, -0.25) is 0 Å². The molecule has 1 fully saturated rings. The Labute approximate surface area is 116 Å². The second-order valence-electron chi connectivity index (χ2n) is 4.55. The third kappa shape index (κ3) is 2.84. The first-order chi connectivity index (χ1) is 9.36. The quantitative estimate of drug-likeness (QED) is 0.931. The Bertz CT molecular complexity index is 551. The third-order valence-corrected chi connectivity index (χ3v) is 4.45. The molecule has 0 saturated carbocycles. The Morgan fingerprint density at radius 1 is 1.47 bits per heavy atom. The van der Waals surface area contributed by atoms with Gasteiger partial charge >= 0.3 is 0 Å². The van der Waals surface area contributed by atoms with E-state index in [0.717, 1.165) is 49.1 Å². The van der Waals surface area contributed by atoms with E-state index in [1.165, 1.54) is 0 Å². The van der Waals surface area contributed by atoms with Crippen LogP contribution in [0.1, 0.15) is 19.8 Å². The number of ether oxygens (including phenoxy) is 1. The van der Waals surface area contributed by atoms with Crippen molar-refractivity contribution in [1.29, 1.82) is 0 Å². The molecule has 1 saturated heterocycles. The summed E-state index contributed by atoms with van der Waals surface area (Å²) in [4.78, 5) is 9.09. The first kappa shape index (κ1) is 12.7. The van der Waals surface area contributed by atoms with Crippen LogP contribution in [0, 0.1) is 0 Å². The average Bonchev–Trinajstić information content (AvgIpc) is 2.89. The van der Waals surface area contributed by atoms with Gasteiger partial charge in [0.2, 0.25) is 0 Å². The minimum Gasteiger partial charge on any atom is -0.381 e. The first-order valence-electron chi connectivity index (χ1n) is 6.69. The first-order valence-corrected chi connectivity index (χ1v) is 7.57. The predicted octanol–water partition coefficient (Wildman–Crippen LogP) is 2.43. The number of fused-ring (bicyclic) bond motifs is 1. The highest BCUT2D eigenvalue weighted by molar-refractivity contribution is 8.00. The highest BCUT2D eigenvalue weighted by Gasteiger charge is 2.18. The van der Waals surface area contributed by atoms with Gasteiger partial charge in [0, 0.05) is 37.4 Å². The molecule has 0 atom stereocenters. The molecule has 0 aromatic carbocycles. The van der Waals surface area contributed by atoms with Crippen LogP contribution < -0.4 is 5.32 Å². The van der Waals surface area contributed by atoms with Gasteiger partial charge in [-0.1, -0.05) is 11.8 Å². The smallest absolute Gasteiger partial charge is 0.169 e. The zero-order chi connectivity index (χ0) is 13.1. The number of imidazole rings is 1. The maximum absolute atomic E-state index is 5.41. The van der Waals surface area contributed by atoms with Crippen molar-refractivity contribution >= 4 is 23.2 Å². The third-order valence-electron chi connectivity index (χ3n) is 3.15. The van der Waals surface area contributed by atoms with Gasteiger partial charge in [0.15, 0.2) is 5.65 Å². The SMILES string of the molecule is CCNc1cn2ccnc2c(SC2CCOCC2)n1. The molecule has 19 heavy (non-hydrogen) atoms.